The highest BCUT2D eigenvalue weighted by atomic mass is 16.3. The van der Waals surface area contributed by atoms with Crippen LogP contribution in [-0.4, -0.2) is 10.2 Å². The van der Waals surface area contributed by atoms with Crippen LogP contribution in [0.4, 0.5) is 28.4 Å². The molecule has 2 N–H and O–H groups in total. The van der Waals surface area contributed by atoms with Crippen LogP contribution >= 0.6 is 0 Å². The van der Waals surface area contributed by atoms with Crippen LogP contribution in [0.2, 0.25) is 0 Å². The van der Waals surface area contributed by atoms with E-state index in [1.165, 1.54) is 207 Å². The Balaban J connectivity index is 0.774. The lowest BCUT2D eigenvalue weighted by molar-refractivity contribution is -0.395. The molecule has 0 aromatic heterocycles. The Hall–Kier alpha value is -4.12. The quantitative estimate of drug-likeness (QED) is 0.185. The van der Waals surface area contributed by atoms with Crippen LogP contribution in [-0.2, 0) is 21.7 Å². The van der Waals surface area contributed by atoms with Crippen molar-refractivity contribution in [3.63, 3.8) is 0 Å². The van der Waals surface area contributed by atoms with Crippen LogP contribution < -0.4 is 9.80 Å². The lowest BCUT2D eigenvalue weighted by Crippen LogP contribution is -2.87. The molecule has 0 amide bonds. The summed E-state index contributed by atoms with van der Waals surface area (Å²) in [6.07, 6.45) is 42.2. The molecule has 18 fully saturated rings. The fourth-order valence-corrected chi connectivity index (χ4v) is 32.0. The molecule has 17 atom stereocenters. The van der Waals surface area contributed by atoms with Crippen molar-refractivity contribution in [2.45, 2.75) is 220 Å². The Labute approximate surface area is 499 Å². The molecule has 430 valence electrons. The number of allylic oxidation sites excluding steroid dienone is 2. The van der Waals surface area contributed by atoms with E-state index in [0.717, 1.165) is 94.1 Å². The van der Waals surface area contributed by atoms with Crippen molar-refractivity contribution in [2.75, 3.05) is 9.80 Å². The van der Waals surface area contributed by atoms with Crippen molar-refractivity contribution < 1.29 is 10.2 Å². The summed E-state index contributed by atoms with van der Waals surface area (Å²) in [5.74, 6) is 12.4. The maximum atomic E-state index is 13.9. The minimum absolute atomic E-state index is 0.210. The van der Waals surface area contributed by atoms with Crippen LogP contribution in [0.3, 0.4) is 0 Å². The van der Waals surface area contributed by atoms with Gasteiger partial charge >= 0.3 is 0 Å². The first-order chi connectivity index (χ1) is 41.2. The summed E-state index contributed by atoms with van der Waals surface area (Å²) in [5.41, 5.74) is 23.4. The van der Waals surface area contributed by atoms with Crippen molar-refractivity contribution in [1.82, 2.24) is 0 Å². The van der Waals surface area contributed by atoms with Crippen molar-refractivity contribution >= 4 is 28.4 Å². The number of anilines is 5. The molecule has 0 radical (unpaired) electrons. The Morgan fingerprint density at radius 3 is 1.62 bits per heavy atom. The van der Waals surface area contributed by atoms with Crippen LogP contribution in [0.25, 0.3) is 0 Å². The second kappa shape index (κ2) is 14.6. The highest BCUT2D eigenvalue weighted by Gasteiger charge is 2.88. The Morgan fingerprint density at radius 1 is 0.429 bits per heavy atom. The molecule has 18 saturated carbocycles. The highest BCUT2D eigenvalue weighted by Crippen LogP contribution is 2.94. The molecule has 25 rings (SSSR count). The first-order valence-corrected chi connectivity index (χ1v) is 36.1. The molecule has 19 aliphatic carbocycles. The zero-order valence-corrected chi connectivity index (χ0v) is 49.9. The molecule has 2 aliphatic heterocycles. The third-order valence-corrected chi connectivity index (χ3v) is 34.1. The molecule has 4 aromatic rings. The Bertz CT molecular complexity index is 3700. The summed E-state index contributed by atoms with van der Waals surface area (Å²) in [6.45, 7) is 0. The van der Waals surface area contributed by atoms with Gasteiger partial charge in [-0.1, -0.05) is 86.4 Å². The third-order valence-electron chi connectivity index (χ3n) is 34.1. The molecule has 17 unspecified atom stereocenters. The van der Waals surface area contributed by atoms with Crippen molar-refractivity contribution in [3.8, 4) is 0 Å². The number of para-hydroxylation sites is 2. The first kappa shape index (κ1) is 47.0. The predicted molar refractivity (Wildman–Crippen MR) is 330 cm³/mol. The Kier molecular flexibility index (Phi) is 8.17. The lowest BCUT2D eigenvalue weighted by Gasteiger charge is -2.91. The molecule has 84 heavy (non-hydrogen) atoms. The maximum Gasteiger partial charge on any atom is 0.108 e. The van der Waals surface area contributed by atoms with Gasteiger partial charge in [-0.05, 0) is 305 Å². The molecule has 2 heterocycles. The van der Waals surface area contributed by atoms with Crippen LogP contribution in [0.15, 0.2) is 90.2 Å². The van der Waals surface area contributed by atoms with Crippen LogP contribution in [0.5, 0.6) is 0 Å². The van der Waals surface area contributed by atoms with E-state index in [1.807, 2.05) is 0 Å². The molecule has 4 heteroatoms. The van der Waals surface area contributed by atoms with E-state index in [9.17, 15) is 10.2 Å². The Morgan fingerprint density at radius 2 is 0.988 bits per heavy atom. The number of nitrogens with zero attached hydrogens (tertiary/aromatic N) is 2. The molecule has 8 bridgehead atoms. The van der Waals surface area contributed by atoms with E-state index >= 15 is 0 Å². The number of hydrogen-bond acceptors (Lipinski definition) is 4. The van der Waals surface area contributed by atoms with Crippen LogP contribution in [0.1, 0.15) is 242 Å². The monoisotopic (exact) mass is 1110 g/mol. The van der Waals surface area contributed by atoms with Gasteiger partial charge in [0.05, 0.1) is 28.4 Å². The predicted octanol–water partition coefficient (Wildman–Crippen LogP) is 18.3. The van der Waals surface area contributed by atoms with Gasteiger partial charge in [-0.15, -0.1) is 0 Å². The average Bonchev–Trinajstić information content (AvgIpc) is 0.951. The zero-order chi connectivity index (χ0) is 54.1. The van der Waals surface area contributed by atoms with E-state index in [1.54, 1.807) is 33.6 Å². The summed E-state index contributed by atoms with van der Waals surface area (Å²) >= 11 is 0. The zero-order valence-electron chi connectivity index (χ0n) is 49.9. The molecule has 4 nitrogen and oxygen atoms in total. The van der Waals surface area contributed by atoms with Crippen LogP contribution in [0, 0.1) is 99.1 Å². The van der Waals surface area contributed by atoms with E-state index in [4.69, 9.17) is 0 Å². The second-order valence-corrected chi connectivity index (χ2v) is 35.4. The number of rotatable bonds is 8. The largest absolute Gasteiger partial charge is 0.384 e. The summed E-state index contributed by atoms with van der Waals surface area (Å²) in [5, 5.41) is 27.9. The fourth-order valence-electron chi connectivity index (χ4n) is 32.0. The minimum atomic E-state index is -0.763. The van der Waals surface area contributed by atoms with Gasteiger partial charge < -0.3 is 20.0 Å². The van der Waals surface area contributed by atoms with Crippen molar-refractivity contribution in [2.24, 2.45) is 99.1 Å². The number of fused-ring (bicyclic) bond motifs is 5. The summed E-state index contributed by atoms with van der Waals surface area (Å²) in [4.78, 5) is 5.86. The van der Waals surface area contributed by atoms with E-state index < -0.39 is 12.2 Å². The topological polar surface area (TPSA) is 46.9 Å². The average molecular weight is 1110 g/mol. The van der Waals surface area contributed by atoms with Gasteiger partial charge in [0.15, 0.2) is 0 Å². The van der Waals surface area contributed by atoms with Crippen molar-refractivity contribution in [1.29, 1.82) is 0 Å². The molecule has 21 aliphatic rings. The third kappa shape index (κ3) is 4.70. The van der Waals surface area contributed by atoms with Crippen molar-refractivity contribution in [3.05, 3.63) is 135 Å². The summed E-state index contributed by atoms with van der Waals surface area (Å²) in [7, 11) is 0. The normalized spacial score (nSPS) is 50.6. The van der Waals surface area contributed by atoms with E-state index in [-0.39, 0.29) is 21.7 Å². The summed E-state index contributed by atoms with van der Waals surface area (Å²) < 4.78 is 0. The molecule has 0 saturated heterocycles. The van der Waals surface area contributed by atoms with Gasteiger partial charge in [0, 0.05) is 49.6 Å². The first-order valence-electron chi connectivity index (χ1n) is 36.1. The molecular formula is C80H88N2O2. The van der Waals surface area contributed by atoms with Gasteiger partial charge in [-0.25, -0.2) is 0 Å². The molecule has 4 aromatic carbocycles. The van der Waals surface area contributed by atoms with E-state index in [0.29, 0.717) is 34.0 Å². The van der Waals surface area contributed by atoms with Gasteiger partial charge in [-0.3, -0.25) is 0 Å². The number of aliphatic hydroxyl groups is 2. The van der Waals surface area contributed by atoms with Gasteiger partial charge in [-0.2, -0.15) is 0 Å². The maximum absolute atomic E-state index is 13.9. The van der Waals surface area contributed by atoms with Gasteiger partial charge in [0.2, 0.25) is 0 Å². The fraction of sp³-hybridized carbons (Fsp3) is 0.650. The smallest absolute Gasteiger partial charge is 0.108 e. The molecule has 3 spiro atoms. The lowest BCUT2D eigenvalue weighted by atomic mass is 9.12. The van der Waals surface area contributed by atoms with E-state index in [2.05, 4.69) is 88.7 Å². The summed E-state index contributed by atoms with van der Waals surface area (Å²) in [6, 6.07) is 28.7. The standard InChI is InChI=1S/C80H88N2O2/c83-72-58-17-15-48(46-7-1-2-8-46)24-66(58)81(70-62(74-32-42-19-43(33-74)21-50(74)20-42)11-5-14-65(70)77-40-56-28-53-29-57(41-77)80(53,56)77)68-30-61-69(31-60(68)72)82(67-25-49(47-9-3-4-10-47)16-18-59(67)73(61)84)71-63(75-34-44-22-51-26-54(38-75)78(51,75)36-44)12-6-13-64(71)76-35-45-23-52-27-55(39-76)79(52,76)37-45/h5-6,11-18,24,30-31,42-47,49-57,72-73,83-84H,1-4,7-10,19-23,25-29,32-41H2. The van der Waals surface area contributed by atoms with Gasteiger partial charge in [0.25, 0.3) is 0 Å². The van der Waals surface area contributed by atoms with Gasteiger partial charge in [0.1, 0.15) is 12.2 Å². The molecular weight excluding hydrogens is 1020 g/mol. The number of hydrogen-bond donors (Lipinski definition) is 2. The SMILES string of the molecule is OC1C2=C(CC(C3CCCC3)C=C2)N(c2c(C34CC5CC6CC(C3)C64C5)cccc2C23CC4CC5CC(C2)C53C4)c2cc3c(cc21)N(c1c(C24CC5CC(CC2C5)C4)cccc1C12CC4CC5CC(C1)C542)c1cc(C2CCCC2)ccc1C3O. The second-order valence-electron chi connectivity index (χ2n) is 35.4. The number of aliphatic hydroxyl groups excluding tert-OH is 2. The highest BCUT2D eigenvalue weighted by molar-refractivity contribution is 5.93. The minimum Gasteiger partial charge on any atom is -0.384 e. The number of benzene rings is 4.